The molecule has 458 valence electrons. The van der Waals surface area contributed by atoms with Gasteiger partial charge in [-0.05, 0) is 160 Å². The predicted molar refractivity (Wildman–Crippen MR) is 348 cm³/mol. The fourth-order valence-electron chi connectivity index (χ4n) is 11.9. The van der Waals surface area contributed by atoms with Crippen LogP contribution in [0, 0.1) is 0 Å². The smallest absolute Gasteiger partial charge is 0.341 e. The van der Waals surface area contributed by atoms with Gasteiger partial charge < -0.3 is 18.9 Å². The lowest BCUT2D eigenvalue weighted by Crippen LogP contribution is -2.35. The van der Waals surface area contributed by atoms with Crippen molar-refractivity contribution < 1.29 is 38.1 Å². The summed E-state index contributed by atoms with van der Waals surface area (Å²) in [5, 5.41) is 0. The van der Waals surface area contributed by atoms with Gasteiger partial charge in [-0.3, -0.25) is 19.4 Å². The lowest BCUT2D eigenvalue weighted by molar-refractivity contribution is 0.0292. The van der Waals surface area contributed by atoms with Gasteiger partial charge in [0.2, 0.25) is 12.5 Å². The zero-order valence-electron chi connectivity index (χ0n) is 51.8. The van der Waals surface area contributed by atoms with Gasteiger partial charge in [0.1, 0.15) is 11.5 Å². The highest BCUT2D eigenvalue weighted by Crippen LogP contribution is 2.38. The van der Waals surface area contributed by atoms with Crippen LogP contribution >= 0.6 is 0 Å². The van der Waals surface area contributed by atoms with Crippen molar-refractivity contribution >= 4 is 35.1 Å². The summed E-state index contributed by atoms with van der Waals surface area (Å²) in [7, 11) is 0. The van der Waals surface area contributed by atoms with Crippen LogP contribution in [0.5, 0.6) is 11.5 Å². The Kier molecular flexibility index (Phi) is 27.2. The first-order valence-electron chi connectivity index (χ1n) is 33.2. The Morgan fingerprint density at radius 2 is 0.616 bits per heavy atom. The van der Waals surface area contributed by atoms with Gasteiger partial charge in [-0.15, -0.1) is 0 Å². The molecule has 10 heteroatoms. The molecule has 86 heavy (non-hydrogen) atoms. The highest BCUT2D eigenvalue weighted by Gasteiger charge is 2.38. The van der Waals surface area contributed by atoms with E-state index in [0.717, 1.165) is 51.4 Å². The zero-order valence-corrected chi connectivity index (χ0v) is 51.8. The summed E-state index contributed by atoms with van der Waals surface area (Å²) in [6.45, 7) is 5.61. The molecule has 2 heterocycles. The molecule has 0 bridgehead atoms. The van der Waals surface area contributed by atoms with Crippen molar-refractivity contribution in [2.75, 3.05) is 23.0 Å². The Morgan fingerprint density at radius 3 is 0.942 bits per heavy atom. The highest BCUT2D eigenvalue weighted by atomic mass is 16.6. The lowest BCUT2D eigenvalue weighted by Gasteiger charge is -2.30. The highest BCUT2D eigenvalue weighted by molar-refractivity contribution is 6.15. The molecule has 0 saturated heterocycles. The topological polar surface area (TPSA) is 112 Å². The summed E-state index contributed by atoms with van der Waals surface area (Å²) >= 11 is 0. The Balaban J connectivity index is 0.765. The van der Waals surface area contributed by atoms with Crippen LogP contribution in [0.15, 0.2) is 146 Å². The number of amides is 2. The molecular formula is C76H96N2O8. The number of anilines is 2. The minimum absolute atomic E-state index is 0.254. The van der Waals surface area contributed by atoms with Gasteiger partial charge in [0.05, 0.1) is 35.5 Å². The number of unbranched alkanes of at least 4 members (excludes halogenated alkanes) is 25. The third-order valence-electron chi connectivity index (χ3n) is 17.1. The van der Waals surface area contributed by atoms with E-state index in [9.17, 15) is 19.2 Å². The summed E-state index contributed by atoms with van der Waals surface area (Å²) in [5.41, 5.74) is 6.26. The number of nitrogens with zero attached hydrogens (tertiary/aromatic N) is 2. The van der Waals surface area contributed by atoms with Gasteiger partial charge >= 0.3 is 11.9 Å². The SMILES string of the molecule is CCCCCCCCCCCCCCc1ccc(N2C(=O)c3ccccc3C(=O)O[C@@H]2c2ccc(OCCCCCCOc3ccc([C@H]4OC(=O)c5ccccc5C(=O)N4c4ccc(CCCCCCCCCCCCCC)cc4)cc3)cc2)cc1. The van der Waals surface area contributed by atoms with E-state index in [1.165, 1.54) is 152 Å². The number of hydrogen-bond donors (Lipinski definition) is 0. The van der Waals surface area contributed by atoms with E-state index >= 15 is 0 Å². The van der Waals surface area contributed by atoms with Crippen LogP contribution in [-0.4, -0.2) is 37.0 Å². The maximum atomic E-state index is 14.3. The molecule has 0 spiro atoms. The van der Waals surface area contributed by atoms with E-state index in [2.05, 4.69) is 38.1 Å². The van der Waals surface area contributed by atoms with E-state index in [1.807, 2.05) is 72.8 Å². The number of carbonyl (C=O) groups is 4. The number of aryl methyl sites for hydroxylation is 2. The Morgan fingerprint density at radius 1 is 0.326 bits per heavy atom. The Labute approximate surface area is 514 Å². The monoisotopic (exact) mass is 1160 g/mol. The van der Waals surface area contributed by atoms with Crippen molar-refractivity contribution in [1.29, 1.82) is 0 Å². The summed E-state index contributed by atoms with van der Waals surface area (Å²) < 4.78 is 24.6. The average molecular weight is 1170 g/mol. The molecule has 6 aromatic rings. The van der Waals surface area contributed by atoms with Gasteiger partial charge in [-0.1, -0.05) is 204 Å². The van der Waals surface area contributed by atoms with Crippen molar-refractivity contribution in [3.05, 3.63) is 190 Å². The zero-order chi connectivity index (χ0) is 60.0. The molecule has 8 rings (SSSR count). The molecule has 0 N–H and O–H groups in total. The molecular weight excluding hydrogens is 1070 g/mol. The normalized spacial score (nSPS) is 15.0. The average Bonchev–Trinajstić information content (AvgIpc) is 2.07. The van der Waals surface area contributed by atoms with Crippen LogP contribution < -0.4 is 19.3 Å². The maximum absolute atomic E-state index is 14.3. The number of fused-ring (bicyclic) bond motifs is 2. The molecule has 0 unspecified atom stereocenters. The fourth-order valence-corrected chi connectivity index (χ4v) is 11.9. The van der Waals surface area contributed by atoms with Gasteiger partial charge in [-0.25, -0.2) is 9.59 Å². The van der Waals surface area contributed by atoms with E-state index in [1.54, 1.807) is 58.3 Å². The van der Waals surface area contributed by atoms with Crippen molar-refractivity contribution in [1.82, 2.24) is 0 Å². The van der Waals surface area contributed by atoms with Gasteiger partial charge in [-0.2, -0.15) is 0 Å². The van der Waals surface area contributed by atoms with Gasteiger partial charge in [0.25, 0.3) is 11.8 Å². The molecule has 0 radical (unpaired) electrons. The molecule has 2 aliphatic rings. The quantitative estimate of drug-likeness (QED) is 0.0277. The Bertz CT molecular complexity index is 2770. The molecule has 2 aliphatic heterocycles. The number of ether oxygens (including phenoxy) is 4. The number of carbonyl (C=O) groups excluding carboxylic acids is 4. The minimum atomic E-state index is -0.971. The number of esters is 2. The van der Waals surface area contributed by atoms with E-state index in [-0.39, 0.29) is 22.9 Å². The molecule has 0 fully saturated rings. The summed E-state index contributed by atoms with van der Waals surface area (Å²) in [6, 6.07) is 44.9. The van der Waals surface area contributed by atoms with Crippen LogP contribution in [0.1, 0.15) is 270 Å². The second-order valence-corrected chi connectivity index (χ2v) is 23.8. The van der Waals surface area contributed by atoms with Gasteiger partial charge in [0.15, 0.2) is 0 Å². The third kappa shape index (κ3) is 19.7. The number of hydrogen-bond acceptors (Lipinski definition) is 8. The second kappa shape index (κ2) is 36.1. The van der Waals surface area contributed by atoms with Crippen molar-refractivity contribution in [2.45, 2.75) is 219 Å². The van der Waals surface area contributed by atoms with Crippen LogP contribution in [-0.2, 0) is 22.3 Å². The molecule has 0 aliphatic carbocycles. The molecule has 2 amide bonds. The molecule has 6 aromatic carbocycles. The van der Waals surface area contributed by atoms with Crippen molar-refractivity contribution in [3.8, 4) is 11.5 Å². The molecule has 2 atom stereocenters. The molecule has 10 nitrogen and oxygen atoms in total. The van der Waals surface area contributed by atoms with Gasteiger partial charge in [0, 0.05) is 22.5 Å². The fraction of sp³-hybridized carbons (Fsp3) is 0.474. The second-order valence-electron chi connectivity index (χ2n) is 23.8. The van der Waals surface area contributed by atoms with E-state index in [4.69, 9.17) is 18.9 Å². The van der Waals surface area contributed by atoms with Crippen molar-refractivity contribution in [2.24, 2.45) is 0 Å². The third-order valence-corrected chi connectivity index (χ3v) is 17.1. The molecule has 0 saturated carbocycles. The standard InChI is InChI=1S/C76H96N2O8/c1-3-5-7-9-11-13-15-17-19-21-23-27-35-59-41-49-63(50-42-59)77-71(79)67-37-29-31-39-69(67)75(81)85-73(77)61-45-53-65(54-46-61)83-57-33-25-26-34-58-84-66-55-47-62(48-56-66)74-78(72(80)68-38-30-32-40-70(68)76(82)86-74)64-51-43-60(44-52-64)36-28-24-22-20-18-16-14-12-10-8-6-4-2/h29-32,37-56,73-74H,3-28,33-36,57-58H2,1-2H3/t73-,74-/m1/s1. The Hall–Kier alpha value is -7.20. The lowest BCUT2D eigenvalue weighted by atomic mass is 10.0. The summed E-state index contributed by atoms with van der Waals surface area (Å²) in [6.07, 6.45) is 35.2. The van der Waals surface area contributed by atoms with E-state index in [0.29, 0.717) is 58.3 Å². The van der Waals surface area contributed by atoms with Crippen LogP contribution in [0.2, 0.25) is 0 Å². The minimum Gasteiger partial charge on any atom is -0.494 e. The number of cyclic esters (lactones) is 2. The summed E-state index contributed by atoms with van der Waals surface area (Å²) in [4.78, 5) is 59.0. The predicted octanol–water partition coefficient (Wildman–Crippen LogP) is 20.2. The maximum Gasteiger partial charge on any atom is 0.341 e. The van der Waals surface area contributed by atoms with Crippen LogP contribution in [0.3, 0.4) is 0 Å². The molecule has 0 aromatic heterocycles. The summed E-state index contributed by atoms with van der Waals surface area (Å²) in [5.74, 6) is -0.277. The first-order chi connectivity index (χ1) is 42.3. The van der Waals surface area contributed by atoms with E-state index < -0.39 is 24.4 Å². The van der Waals surface area contributed by atoms with Crippen molar-refractivity contribution in [3.63, 3.8) is 0 Å². The first kappa shape index (κ1) is 64.8. The van der Waals surface area contributed by atoms with Crippen LogP contribution in [0.25, 0.3) is 0 Å². The number of rotatable bonds is 39. The first-order valence-corrected chi connectivity index (χ1v) is 33.2. The number of benzene rings is 6. The van der Waals surface area contributed by atoms with Crippen LogP contribution in [0.4, 0.5) is 11.4 Å². The largest absolute Gasteiger partial charge is 0.494 e.